The van der Waals surface area contributed by atoms with Crippen molar-refractivity contribution in [1.29, 1.82) is 0 Å². The number of Topliss-reactive ketones (excluding diaryl/α,β-unsaturated/α-hetero) is 1. The molecule has 0 atom stereocenters. The summed E-state index contributed by atoms with van der Waals surface area (Å²) in [4.78, 5) is 12.4. The molecule has 2 aromatic carbocycles. The number of halogens is 2. The van der Waals surface area contributed by atoms with E-state index in [1.807, 2.05) is 6.92 Å². The van der Waals surface area contributed by atoms with E-state index in [4.69, 9.17) is 16.7 Å². The van der Waals surface area contributed by atoms with Crippen LogP contribution in [0.2, 0.25) is 5.02 Å². The van der Waals surface area contributed by atoms with Crippen LogP contribution in [0, 0.1) is 12.7 Å². The quantitative estimate of drug-likeness (QED) is 0.591. The van der Waals surface area contributed by atoms with E-state index in [0.717, 1.165) is 17.3 Å². The largest absolute Gasteiger partial charge is 0.344 e. The molecular weight excluding hydrogens is 415 g/mol. The first-order valence-corrected chi connectivity index (χ1v) is 10.8. The lowest BCUT2D eigenvalue weighted by molar-refractivity contribution is 0.0981. The number of nitrogens with zero attached hydrogens (tertiary/aromatic N) is 1. The molecule has 0 unspecified atom stereocenters. The van der Waals surface area contributed by atoms with Gasteiger partial charge in [-0.3, -0.25) is 4.79 Å². The number of primary sulfonamides is 1. The molecule has 0 saturated heterocycles. The maximum atomic E-state index is 15.1. The lowest BCUT2D eigenvalue weighted by atomic mass is 9.93. The predicted octanol–water partition coefficient (Wildman–Crippen LogP) is 4.70. The molecule has 1 aromatic heterocycles. The molecule has 3 rings (SSSR count). The van der Waals surface area contributed by atoms with Crippen molar-refractivity contribution in [1.82, 2.24) is 4.57 Å². The van der Waals surface area contributed by atoms with Gasteiger partial charge < -0.3 is 4.57 Å². The molecule has 0 radical (unpaired) electrons. The highest BCUT2D eigenvalue weighted by molar-refractivity contribution is 7.89. The van der Waals surface area contributed by atoms with Crippen LogP contribution in [0.4, 0.5) is 4.39 Å². The zero-order chi connectivity index (χ0) is 21.5. The summed E-state index contributed by atoms with van der Waals surface area (Å²) < 4.78 is 39.9. The molecule has 1 heterocycles. The molecule has 0 spiro atoms. The fourth-order valence-electron chi connectivity index (χ4n) is 3.40. The first-order chi connectivity index (χ1) is 13.6. The first-order valence-electron chi connectivity index (χ1n) is 8.87. The van der Waals surface area contributed by atoms with Gasteiger partial charge in [0.25, 0.3) is 0 Å². The van der Waals surface area contributed by atoms with E-state index < -0.39 is 15.8 Å². The molecule has 3 aromatic rings. The van der Waals surface area contributed by atoms with Crippen molar-refractivity contribution in [2.75, 3.05) is 0 Å². The second-order valence-corrected chi connectivity index (χ2v) is 8.71. The van der Waals surface area contributed by atoms with E-state index >= 15 is 4.39 Å². The number of hydrogen-bond acceptors (Lipinski definition) is 3. The summed E-state index contributed by atoms with van der Waals surface area (Å²) in [5.41, 5.74) is 3.12. The first kappa shape index (κ1) is 21.2. The Morgan fingerprint density at radius 1 is 1.14 bits per heavy atom. The molecular formula is C21H20ClFN2O3S. The number of aromatic nitrogens is 1. The Bertz CT molecular complexity index is 1220. The third kappa shape index (κ3) is 3.85. The minimum Gasteiger partial charge on any atom is -0.344 e. The van der Waals surface area contributed by atoms with Crippen LogP contribution in [0.3, 0.4) is 0 Å². The van der Waals surface area contributed by atoms with Crippen molar-refractivity contribution in [2.24, 2.45) is 12.2 Å². The molecule has 0 aliphatic rings. The van der Waals surface area contributed by atoms with Gasteiger partial charge in [-0.1, -0.05) is 30.7 Å². The van der Waals surface area contributed by atoms with Crippen LogP contribution in [-0.2, 0) is 17.1 Å². The Balaban J connectivity index is 2.39. The molecule has 8 heteroatoms. The monoisotopic (exact) mass is 434 g/mol. The van der Waals surface area contributed by atoms with E-state index in [2.05, 4.69) is 0 Å². The molecule has 2 N–H and O–H groups in total. The minimum absolute atomic E-state index is 0.128. The number of hydrogen-bond donors (Lipinski definition) is 1. The van der Waals surface area contributed by atoms with Gasteiger partial charge in [-0.2, -0.15) is 0 Å². The number of carbonyl (C=O) groups is 1. The Morgan fingerprint density at radius 3 is 2.28 bits per heavy atom. The van der Waals surface area contributed by atoms with Gasteiger partial charge in [-0.05, 0) is 42.8 Å². The van der Waals surface area contributed by atoms with Gasteiger partial charge in [0.1, 0.15) is 5.82 Å². The van der Waals surface area contributed by atoms with E-state index in [0.29, 0.717) is 21.8 Å². The highest BCUT2D eigenvalue weighted by Gasteiger charge is 2.27. The van der Waals surface area contributed by atoms with E-state index in [9.17, 15) is 13.2 Å². The van der Waals surface area contributed by atoms with Gasteiger partial charge in [-0.25, -0.2) is 17.9 Å². The summed E-state index contributed by atoms with van der Waals surface area (Å²) in [5.74, 6) is -0.928. The molecule has 0 bridgehead atoms. The number of nitrogens with two attached hydrogens (primary N) is 1. The van der Waals surface area contributed by atoms with Crippen molar-refractivity contribution >= 4 is 27.4 Å². The van der Waals surface area contributed by atoms with E-state index in [1.54, 1.807) is 42.8 Å². The predicted molar refractivity (Wildman–Crippen MR) is 112 cm³/mol. The SMILES string of the molecule is CCC(=O)c1c(-c2ccc(S(N)(=O)=O)cc2F)c(-c2ccc(Cl)cc2)c(C)n1C. The van der Waals surface area contributed by atoms with Gasteiger partial charge >= 0.3 is 0 Å². The van der Waals surface area contributed by atoms with Gasteiger partial charge in [0.2, 0.25) is 10.0 Å². The van der Waals surface area contributed by atoms with Gasteiger partial charge in [0, 0.05) is 40.9 Å². The fraction of sp³-hybridized carbons (Fsp3) is 0.190. The molecule has 0 amide bonds. The molecule has 0 aliphatic heterocycles. The number of rotatable bonds is 5. The summed E-state index contributed by atoms with van der Waals surface area (Å²) in [6.45, 7) is 3.58. The summed E-state index contributed by atoms with van der Waals surface area (Å²) in [7, 11) is -2.30. The average Bonchev–Trinajstić information content (AvgIpc) is 2.92. The Kier molecular flexibility index (Phi) is 5.67. The number of ketones is 1. The van der Waals surface area contributed by atoms with Crippen molar-refractivity contribution in [2.45, 2.75) is 25.2 Å². The molecule has 29 heavy (non-hydrogen) atoms. The normalized spacial score (nSPS) is 11.7. The van der Waals surface area contributed by atoms with Crippen LogP contribution in [0.15, 0.2) is 47.4 Å². The standard InChI is InChI=1S/C21H20ClFN2O3S/c1-4-18(26)21-20(16-10-9-15(11-17(16)23)29(24,27)28)19(12(2)25(21)3)13-5-7-14(22)8-6-13/h5-11H,4H2,1-3H3,(H2,24,27,28). The van der Waals surface area contributed by atoms with Crippen molar-refractivity contribution in [3.63, 3.8) is 0 Å². The maximum Gasteiger partial charge on any atom is 0.238 e. The van der Waals surface area contributed by atoms with Crippen molar-refractivity contribution in [3.05, 3.63) is 64.7 Å². The Labute approximate surface area is 174 Å². The topological polar surface area (TPSA) is 82.2 Å². The average molecular weight is 435 g/mol. The van der Waals surface area contributed by atoms with E-state index in [-0.39, 0.29) is 22.7 Å². The zero-order valence-corrected chi connectivity index (χ0v) is 17.7. The maximum absolute atomic E-state index is 15.1. The molecule has 0 aliphatic carbocycles. The van der Waals surface area contributed by atoms with Crippen molar-refractivity contribution in [3.8, 4) is 22.3 Å². The van der Waals surface area contributed by atoms with Crippen LogP contribution in [-0.4, -0.2) is 18.8 Å². The lowest BCUT2D eigenvalue weighted by Crippen LogP contribution is -2.12. The molecule has 0 saturated carbocycles. The van der Waals surface area contributed by atoms with Crippen molar-refractivity contribution < 1.29 is 17.6 Å². The summed E-state index contributed by atoms with van der Waals surface area (Å²) in [6.07, 6.45) is 0.237. The third-order valence-electron chi connectivity index (χ3n) is 4.94. The number of carbonyl (C=O) groups excluding carboxylic acids is 1. The van der Waals surface area contributed by atoms with Crippen LogP contribution in [0.25, 0.3) is 22.3 Å². The minimum atomic E-state index is -4.05. The zero-order valence-electron chi connectivity index (χ0n) is 16.2. The summed E-state index contributed by atoms with van der Waals surface area (Å²) >= 11 is 6.00. The smallest absolute Gasteiger partial charge is 0.238 e. The number of sulfonamides is 1. The van der Waals surface area contributed by atoms with Crippen LogP contribution in [0.5, 0.6) is 0 Å². The molecule has 5 nitrogen and oxygen atoms in total. The molecule has 0 fully saturated rings. The highest BCUT2D eigenvalue weighted by atomic mass is 35.5. The lowest BCUT2D eigenvalue weighted by Gasteiger charge is -2.11. The van der Waals surface area contributed by atoms with Crippen LogP contribution in [0.1, 0.15) is 29.5 Å². The highest BCUT2D eigenvalue weighted by Crippen LogP contribution is 2.41. The third-order valence-corrected chi connectivity index (χ3v) is 6.11. The Morgan fingerprint density at radius 2 is 1.76 bits per heavy atom. The second kappa shape index (κ2) is 7.74. The second-order valence-electron chi connectivity index (χ2n) is 6.71. The Hall–Kier alpha value is -2.48. The van der Waals surface area contributed by atoms with Crippen LogP contribution >= 0.6 is 11.6 Å². The van der Waals surface area contributed by atoms with Crippen LogP contribution < -0.4 is 5.14 Å². The van der Waals surface area contributed by atoms with Gasteiger partial charge in [0.05, 0.1) is 10.6 Å². The number of benzene rings is 2. The van der Waals surface area contributed by atoms with Gasteiger partial charge in [0.15, 0.2) is 5.78 Å². The summed E-state index contributed by atoms with van der Waals surface area (Å²) in [6, 6.07) is 10.5. The van der Waals surface area contributed by atoms with E-state index in [1.165, 1.54) is 12.1 Å². The van der Waals surface area contributed by atoms with Gasteiger partial charge in [-0.15, -0.1) is 0 Å². The fourth-order valence-corrected chi connectivity index (χ4v) is 4.06. The molecule has 152 valence electrons. The summed E-state index contributed by atoms with van der Waals surface area (Å²) in [5, 5.41) is 5.67.